The van der Waals surface area contributed by atoms with Gasteiger partial charge in [0.25, 0.3) is 0 Å². The summed E-state index contributed by atoms with van der Waals surface area (Å²) in [5, 5.41) is 10.6. The molecule has 4 heteroatoms. The lowest BCUT2D eigenvalue weighted by Gasteiger charge is -2.30. The van der Waals surface area contributed by atoms with Gasteiger partial charge in [0, 0.05) is 18.4 Å². The van der Waals surface area contributed by atoms with Crippen LogP contribution < -0.4 is 4.74 Å². The topological polar surface area (TPSA) is 47.9 Å². The molecule has 29 heavy (non-hydrogen) atoms. The third kappa shape index (κ3) is 7.65. The molecule has 0 aliphatic carbocycles. The Balaban J connectivity index is 1.89. The van der Waals surface area contributed by atoms with E-state index in [1.54, 1.807) is 13.2 Å². The van der Waals surface area contributed by atoms with Gasteiger partial charge in [-0.05, 0) is 29.7 Å². The van der Waals surface area contributed by atoms with E-state index in [1.165, 1.54) is 0 Å². The first kappa shape index (κ1) is 23.1. The molecule has 2 aromatic carbocycles. The maximum absolute atomic E-state index is 10.6. The van der Waals surface area contributed by atoms with Crippen LogP contribution in [0.5, 0.6) is 5.75 Å². The van der Waals surface area contributed by atoms with Gasteiger partial charge in [0.15, 0.2) is 0 Å². The van der Waals surface area contributed by atoms with E-state index in [0.717, 1.165) is 16.9 Å². The molecule has 0 aliphatic heterocycles. The van der Waals surface area contributed by atoms with Crippen LogP contribution in [0.25, 0.3) is 0 Å². The van der Waals surface area contributed by atoms with Crippen LogP contribution >= 0.6 is 0 Å². The predicted octanol–water partition coefficient (Wildman–Crippen LogP) is 5.01. The van der Waals surface area contributed by atoms with Crippen LogP contribution in [0.3, 0.4) is 0 Å². The fraction of sp³-hybridized carbons (Fsp3) is 0.440. The number of methoxy groups -OCH3 is 1. The number of ether oxygens (including phenoxy) is 3. The van der Waals surface area contributed by atoms with Crippen molar-refractivity contribution < 1.29 is 19.3 Å². The summed E-state index contributed by atoms with van der Waals surface area (Å²) >= 11 is 0. The van der Waals surface area contributed by atoms with E-state index in [-0.39, 0.29) is 17.9 Å². The quantitative estimate of drug-likeness (QED) is 0.381. The standard InChI is InChI=1S/C25H34O4/c1-5-19(2)25(26)20(3)24(29-18-21-9-7-6-8-10-21)15-16-28-17-22-11-13-23(27-4)14-12-22/h5-14,19-20,24-26H,1,15-18H2,2-4H3/t19-,20-,24-,25-/m0/s1. The first-order valence-corrected chi connectivity index (χ1v) is 10.2. The molecule has 0 radical (unpaired) electrons. The minimum Gasteiger partial charge on any atom is -0.497 e. The average molecular weight is 399 g/mol. The monoisotopic (exact) mass is 398 g/mol. The van der Waals surface area contributed by atoms with Crippen LogP contribution in [0.15, 0.2) is 67.3 Å². The lowest BCUT2D eigenvalue weighted by molar-refractivity contribution is -0.0622. The van der Waals surface area contributed by atoms with Crippen LogP contribution in [0.1, 0.15) is 31.4 Å². The molecule has 0 fully saturated rings. The molecule has 1 N–H and O–H groups in total. The van der Waals surface area contributed by atoms with E-state index in [4.69, 9.17) is 14.2 Å². The van der Waals surface area contributed by atoms with Gasteiger partial charge in [-0.3, -0.25) is 0 Å². The van der Waals surface area contributed by atoms with Crippen LogP contribution in [0, 0.1) is 11.8 Å². The molecule has 4 atom stereocenters. The molecule has 0 heterocycles. The lowest BCUT2D eigenvalue weighted by Crippen LogP contribution is -2.35. The van der Waals surface area contributed by atoms with Crippen molar-refractivity contribution in [2.75, 3.05) is 13.7 Å². The Bertz CT molecular complexity index is 699. The van der Waals surface area contributed by atoms with Gasteiger partial charge in [-0.15, -0.1) is 6.58 Å². The highest BCUT2D eigenvalue weighted by atomic mass is 16.5. The highest BCUT2D eigenvalue weighted by Gasteiger charge is 2.27. The van der Waals surface area contributed by atoms with Crippen molar-refractivity contribution in [2.24, 2.45) is 11.8 Å². The maximum atomic E-state index is 10.6. The highest BCUT2D eigenvalue weighted by molar-refractivity contribution is 5.26. The number of rotatable bonds is 13. The second kappa shape index (κ2) is 12.4. The van der Waals surface area contributed by atoms with E-state index in [1.807, 2.05) is 68.4 Å². The van der Waals surface area contributed by atoms with E-state index >= 15 is 0 Å². The first-order chi connectivity index (χ1) is 14.0. The van der Waals surface area contributed by atoms with Crippen molar-refractivity contribution in [3.63, 3.8) is 0 Å². The van der Waals surface area contributed by atoms with Crippen LogP contribution in [-0.4, -0.2) is 31.0 Å². The van der Waals surface area contributed by atoms with E-state index < -0.39 is 6.10 Å². The van der Waals surface area contributed by atoms with Crippen LogP contribution in [-0.2, 0) is 22.7 Å². The molecular weight excluding hydrogens is 364 g/mol. The summed E-state index contributed by atoms with van der Waals surface area (Å²) in [6.45, 7) is 9.43. The average Bonchev–Trinajstić information content (AvgIpc) is 2.78. The Morgan fingerprint density at radius 2 is 1.62 bits per heavy atom. The fourth-order valence-corrected chi connectivity index (χ4v) is 3.22. The van der Waals surface area contributed by atoms with Crippen molar-refractivity contribution in [3.05, 3.63) is 78.4 Å². The normalized spacial score (nSPS) is 15.3. The summed E-state index contributed by atoms with van der Waals surface area (Å²) in [7, 11) is 1.66. The summed E-state index contributed by atoms with van der Waals surface area (Å²) in [5.74, 6) is 0.812. The lowest BCUT2D eigenvalue weighted by atomic mass is 9.88. The van der Waals surface area contributed by atoms with Gasteiger partial charge in [-0.25, -0.2) is 0 Å². The van der Waals surface area contributed by atoms with E-state index in [2.05, 4.69) is 6.58 Å². The molecule has 4 nitrogen and oxygen atoms in total. The Morgan fingerprint density at radius 1 is 0.966 bits per heavy atom. The minimum absolute atomic E-state index is 0.00745. The molecule has 0 unspecified atom stereocenters. The number of benzene rings is 2. The Labute approximate surface area is 175 Å². The Hall–Kier alpha value is -2.14. The molecule has 0 amide bonds. The van der Waals surface area contributed by atoms with Gasteiger partial charge in [0.1, 0.15) is 5.75 Å². The van der Waals surface area contributed by atoms with Crippen LogP contribution in [0.4, 0.5) is 0 Å². The van der Waals surface area contributed by atoms with Crippen molar-refractivity contribution in [1.29, 1.82) is 0 Å². The third-order valence-electron chi connectivity index (χ3n) is 5.32. The van der Waals surface area contributed by atoms with Crippen molar-refractivity contribution in [3.8, 4) is 5.75 Å². The number of hydrogen-bond acceptors (Lipinski definition) is 4. The number of aliphatic hydroxyl groups is 1. The largest absolute Gasteiger partial charge is 0.497 e. The number of aliphatic hydroxyl groups excluding tert-OH is 1. The van der Waals surface area contributed by atoms with Gasteiger partial charge in [0.2, 0.25) is 0 Å². The molecule has 2 aromatic rings. The van der Waals surface area contributed by atoms with Gasteiger partial charge in [-0.1, -0.05) is 62.4 Å². The smallest absolute Gasteiger partial charge is 0.118 e. The molecule has 0 saturated carbocycles. The Kier molecular flexibility index (Phi) is 9.92. The zero-order chi connectivity index (χ0) is 21.1. The van der Waals surface area contributed by atoms with Crippen LogP contribution in [0.2, 0.25) is 0 Å². The second-order valence-electron chi connectivity index (χ2n) is 7.47. The van der Waals surface area contributed by atoms with Gasteiger partial charge >= 0.3 is 0 Å². The second-order valence-corrected chi connectivity index (χ2v) is 7.47. The van der Waals surface area contributed by atoms with Gasteiger partial charge in [0.05, 0.1) is 32.5 Å². The molecule has 0 bridgehead atoms. The first-order valence-electron chi connectivity index (χ1n) is 10.2. The summed E-state index contributed by atoms with van der Waals surface area (Å²) in [6, 6.07) is 18.0. The number of hydrogen-bond donors (Lipinski definition) is 1. The fourth-order valence-electron chi connectivity index (χ4n) is 3.22. The molecule has 158 valence electrons. The zero-order valence-electron chi connectivity index (χ0n) is 17.8. The maximum Gasteiger partial charge on any atom is 0.118 e. The van der Waals surface area contributed by atoms with E-state index in [0.29, 0.717) is 26.2 Å². The molecule has 0 aromatic heterocycles. The summed E-state index contributed by atoms with van der Waals surface area (Å²) in [4.78, 5) is 0. The summed E-state index contributed by atoms with van der Waals surface area (Å²) in [6.07, 6.45) is 1.89. The van der Waals surface area contributed by atoms with Crippen molar-refractivity contribution in [2.45, 2.75) is 45.7 Å². The molecular formula is C25H34O4. The van der Waals surface area contributed by atoms with Gasteiger partial charge in [-0.2, -0.15) is 0 Å². The summed E-state index contributed by atoms with van der Waals surface area (Å²) < 4.78 is 17.2. The highest BCUT2D eigenvalue weighted by Crippen LogP contribution is 2.23. The molecule has 0 aliphatic rings. The van der Waals surface area contributed by atoms with Crippen molar-refractivity contribution in [1.82, 2.24) is 0 Å². The molecule has 2 rings (SSSR count). The zero-order valence-corrected chi connectivity index (χ0v) is 17.8. The SMILES string of the molecule is C=C[C@H](C)[C@H](O)[C@@H](C)[C@H](CCOCc1ccc(OC)cc1)OCc1ccccc1. The third-order valence-corrected chi connectivity index (χ3v) is 5.32. The van der Waals surface area contributed by atoms with E-state index in [9.17, 15) is 5.11 Å². The van der Waals surface area contributed by atoms with Gasteiger partial charge < -0.3 is 19.3 Å². The molecule has 0 spiro atoms. The summed E-state index contributed by atoms with van der Waals surface area (Å²) in [5.41, 5.74) is 2.22. The minimum atomic E-state index is -0.505. The Morgan fingerprint density at radius 3 is 2.24 bits per heavy atom. The predicted molar refractivity (Wildman–Crippen MR) is 117 cm³/mol. The molecule has 0 saturated heterocycles. The van der Waals surface area contributed by atoms with Crippen molar-refractivity contribution >= 4 is 0 Å².